The van der Waals surface area contributed by atoms with E-state index in [-0.39, 0.29) is 0 Å². The van der Waals surface area contributed by atoms with Gasteiger partial charge in [0.25, 0.3) is 0 Å². The van der Waals surface area contributed by atoms with Gasteiger partial charge in [-0.1, -0.05) is 25.0 Å². The lowest BCUT2D eigenvalue weighted by Gasteiger charge is -2.35. The topological polar surface area (TPSA) is 23.5 Å². The van der Waals surface area contributed by atoms with E-state index < -0.39 is 0 Å². The molecule has 1 saturated carbocycles. The standard InChI is InChI=1S/C17H25NO/c1-18(12-13-6-2-3-7-13)16-10-4-9-15-14(16)8-5-11-17(15)19/h5,8,11,13,16,19H,2-4,6-7,9-10,12H2,1H3. The highest BCUT2D eigenvalue weighted by molar-refractivity contribution is 5.42. The summed E-state index contributed by atoms with van der Waals surface area (Å²) in [6.07, 6.45) is 9.12. The second kappa shape index (κ2) is 5.54. The van der Waals surface area contributed by atoms with Gasteiger partial charge < -0.3 is 5.11 Å². The maximum Gasteiger partial charge on any atom is 0.119 e. The Bertz CT molecular complexity index is 437. The number of benzene rings is 1. The van der Waals surface area contributed by atoms with Crippen molar-refractivity contribution in [1.29, 1.82) is 0 Å². The highest BCUT2D eigenvalue weighted by atomic mass is 16.3. The molecule has 0 saturated heterocycles. The molecule has 2 aliphatic carbocycles. The van der Waals surface area contributed by atoms with Crippen molar-refractivity contribution < 1.29 is 5.11 Å². The zero-order chi connectivity index (χ0) is 13.2. The molecule has 2 heteroatoms. The molecule has 0 bridgehead atoms. The normalized spacial score (nSPS) is 23.8. The van der Waals surface area contributed by atoms with Crippen molar-refractivity contribution in [2.45, 2.75) is 51.0 Å². The smallest absolute Gasteiger partial charge is 0.119 e. The van der Waals surface area contributed by atoms with Crippen LogP contribution < -0.4 is 0 Å². The van der Waals surface area contributed by atoms with Crippen LogP contribution in [0, 0.1) is 5.92 Å². The van der Waals surface area contributed by atoms with Gasteiger partial charge in [0.1, 0.15) is 5.75 Å². The Labute approximate surface area is 116 Å². The number of hydrogen-bond acceptors (Lipinski definition) is 2. The monoisotopic (exact) mass is 259 g/mol. The highest BCUT2D eigenvalue weighted by Gasteiger charge is 2.27. The van der Waals surface area contributed by atoms with Gasteiger partial charge in [-0.05, 0) is 62.3 Å². The minimum atomic E-state index is 0.497. The molecule has 19 heavy (non-hydrogen) atoms. The Balaban J connectivity index is 1.76. The quantitative estimate of drug-likeness (QED) is 0.890. The third kappa shape index (κ3) is 2.64. The molecule has 2 aliphatic rings. The molecule has 2 nitrogen and oxygen atoms in total. The first-order valence-electron chi connectivity index (χ1n) is 7.76. The molecule has 1 fully saturated rings. The molecular weight excluding hydrogens is 234 g/mol. The first-order chi connectivity index (χ1) is 9.25. The van der Waals surface area contributed by atoms with Gasteiger partial charge in [-0.2, -0.15) is 0 Å². The van der Waals surface area contributed by atoms with Crippen LogP contribution in [0.25, 0.3) is 0 Å². The van der Waals surface area contributed by atoms with Gasteiger partial charge in [-0.25, -0.2) is 0 Å². The molecule has 1 unspecified atom stereocenters. The molecule has 1 N–H and O–H groups in total. The first-order valence-corrected chi connectivity index (χ1v) is 7.76. The van der Waals surface area contributed by atoms with Crippen molar-refractivity contribution in [2.75, 3.05) is 13.6 Å². The van der Waals surface area contributed by atoms with Crippen LogP contribution in [0.1, 0.15) is 55.7 Å². The number of phenolic OH excluding ortho intramolecular Hbond substituents is 1. The maximum absolute atomic E-state index is 10.0. The van der Waals surface area contributed by atoms with E-state index in [0.717, 1.165) is 12.3 Å². The van der Waals surface area contributed by atoms with Crippen molar-refractivity contribution in [3.8, 4) is 5.75 Å². The van der Waals surface area contributed by atoms with Crippen LogP contribution in [0.3, 0.4) is 0 Å². The lowest BCUT2D eigenvalue weighted by Crippen LogP contribution is -2.31. The lowest BCUT2D eigenvalue weighted by molar-refractivity contribution is 0.189. The Kier molecular flexibility index (Phi) is 3.79. The SMILES string of the molecule is CN(CC1CCCC1)C1CCCc2c(O)cccc21. The van der Waals surface area contributed by atoms with Gasteiger partial charge in [0.05, 0.1) is 0 Å². The Morgan fingerprint density at radius 2 is 1.95 bits per heavy atom. The van der Waals surface area contributed by atoms with Crippen LogP contribution in [0.4, 0.5) is 0 Å². The zero-order valence-corrected chi connectivity index (χ0v) is 11.9. The van der Waals surface area contributed by atoms with E-state index in [1.165, 1.54) is 56.2 Å². The fraction of sp³-hybridized carbons (Fsp3) is 0.647. The summed E-state index contributed by atoms with van der Waals surface area (Å²) in [4.78, 5) is 2.54. The number of aromatic hydroxyl groups is 1. The molecule has 0 amide bonds. The van der Waals surface area contributed by atoms with E-state index in [1.54, 1.807) is 0 Å². The van der Waals surface area contributed by atoms with Crippen LogP contribution >= 0.6 is 0 Å². The summed E-state index contributed by atoms with van der Waals surface area (Å²) in [6, 6.07) is 6.55. The molecule has 104 valence electrons. The molecule has 0 aromatic heterocycles. The number of fused-ring (bicyclic) bond motifs is 1. The van der Waals surface area contributed by atoms with Crippen LogP contribution in [-0.4, -0.2) is 23.6 Å². The third-order valence-corrected chi connectivity index (χ3v) is 5.00. The molecule has 3 rings (SSSR count). The summed E-state index contributed by atoms with van der Waals surface area (Å²) < 4.78 is 0. The Morgan fingerprint density at radius 1 is 1.16 bits per heavy atom. The molecule has 1 aromatic rings. The van der Waals surface area contributed by atoms with Gasteiger partial charge in [-0.15, -0.1) is 0 Å². The fourth-order valence-electron chi connectivity index (χ4n) is 3.99. The molecule has 0 radical (unpaired) electrons. The summed E-state index contributed by atoms with van der Waals surface area (Å²) in [5, 5.41) is 10.0. The summed E-state index contributed by atoms with van der Waals surface area (Å²) in [6.45, 7) is 1.22. The molecule has 0 heterocycles. The van der Waals surface area contributed by atoms with Gasteiger partial charge in [0.15, 0.2) is 0 Å². The second-order valence-electron chi connectivity index (χ2n) is 6.34. The molecular formula is C17H25NO. The van der Waals surface area contributed by atoms with E-state index in [0.29, 0.717) is 11.8 Å². The van der Waals surface area contributed by atoms with Gasteiger partial charge in [0.2, 0.25) is 0 Å². The molecule has 0 spiro atoms. The van der Waals surface area contributed by atoms with Crippen molar-refractivity contribution in [2.24, 2.45) is 5.92 Å². The van der Waals surface area contributed by atoms with E-state index in [9.17, 15) is 5.11 Å². The average Bonchev–Trinajstić information content (AvgIpc) is 2.91. The van der Waals surface area contributed by atoms with Crippen molar-refractivity contribution in [1.82, 2.24) is 4.90 Å². The number of phenols is 1. The van der Waals surface area contributed by atoms with E-state index in [1.807, 2.05) is 12.1 Å². The van der Waals surface area contributed by atoms with Crippen molar-refractivity contribution in [3.63, 3.8) is 0 Å². The van der Waals surface area contributed by atoms with Gasteiger partial charge in [-0.3, -0.25) is 4.90 Å². The van der Waals surface area contributed by atoms with Crippen LogP contribution in [0.2, 0.25) is 0 Å². The number of nitrogens with zero attached hydrogens (tertiary/aromatic N) is 1. The summed E-state index contributed by atoms with van der Waals surface area (Å²) in [5.41, 5.74) is 2.56. The predicted octanol–water partition coefficient (Wildman–Crippen LogP) is 3.89. The summed E-state index contributed by atoms with van der Waals surface area (Å²) in [7, 11) is 2.27. The van der Waals surface area contributed by atoms with Gasteiger partial charge in [0, 0.05) is 12.6 Å². The van der Waals surface area contributed by atoms with E-state index in [2.05, 4.69) is 18.0 Å². The van der Waals surface area contributed by atoms with Crippen LogP contribution in [0.15, 0.2) is 18.2 Å². The van der Waals surface area contributed by atoms with Crippen molar-refractivity contribution >= 4 is 0 Å². The largest absolute Gasteiger partial charge is 0.508 e. The zero-order valence-electron chi connectivity index (χ0n) is 11.9. The Morgan fingerprint density at radius 3 is 2.74 bits per heavy atom. The minimum absolute atomic E-state index is 0.497. The summed E-state index contributed by atoms with van der Waals surface area (Å²) >= 11 is 0. The highest BCUT2D eigenvalue weighted by Crippen LogP contribution is 2.38. The Hall–Kier alpha value is -1.02. The molecule has 1 atom stereocenters. The minimum Gasteiger partial charge on any atom is -0.508 e. The van der Waals surface area contributed by atoms with Crippen molar-refractivity contribution in [3.05, 3.63) is 29.3 Å². The number of rotatable bonds is 3. The van der Waals surface area contributed by atoms with Crippen LogP contribution in [0.5, 0.6) is 5.75 Å². The van der Waals surface area contributed by atoms with Gasteiger partial charge >= 0.3 is 0 Å². The second-order valence-corrected chi connectivity index (χ2v) is 6.34. The first kappa shape index (κ1) is 13.0. The maximum atomic E-state index is 10.0. The van der Waals surface area contributed by atoms with E-state index >= 15 is 0 Å². The summed E-state index contributed by atoms with van der Waals surface area (Å²) in [5.74, 6) is 1.39. The molecule has 1 aromatic carbocycles. The fourth-order valence-corrected chi connectivity index (χ4v) is 3.99. The van der Waals surface area contributed by atoms with Crippen LogP contribution in [-0.2, 0) is 6.42 Å². The molecule has 0 aliphatic heterocycles. The number of hydrogen-bond donors (Lipinski definition) is 1. The average molecular weight is 259 g/mol. The lowest BCUT2D eigenvalue weighted by atomic mass is 9.86. The van der Waals surface area contributed by atoms with E-state index in [4.69, 9.17) is 0 Å². The third-order valence-electron chi connectivity index (χ3n) is 5.00. The predicted molar refractivity (Wildman–Crippen MR) is 78.4 cm³/mol.